The third-order valence-electron chi connectivity index (χ3n) is 2.89. The van der Waals surface area contributed by atoms with Crippen LogP contribution in [0.25, 0.3) is 0 Å². The number of carbonyl (C=O) groups excluding carboxylic acids is 2. The summed E-state index contributed by atoms with van der Waals surface area (Å²) in [6.45, 7) is 0.181. The molecule has 0 bridgehead atoms. The summed E-state index contributed by atoms with van der Waals surface area (Å²) in [5.41, 5.74) is 1.30. The number of nitrogens with zero attached hydrogens (tertiary/aromatic N) is 1. The van der Waals surface area contributed by atoms with Crippen molar-refractivity contribution in [1.29, 1.82) is 0 Å². The van der Waals surface area contributed by atoms with E-state index >= 15 is 0 Å². The molecule has 0 radical (unpaired) electrons. The second-order valence-corrected chi connectivity index (χ2v) is 4.68. The second-order valence-electron chi connectivity index (χ2n) is 4.68. The summed E-state index contributed by atoms with van der Waals surface area (Å²) in [4.78, 5) is 27.4. The first-order valence-electron chi connectivity index (χ1n) is 6.81. The molecule has 1 aromatic heterocycles. The summed E-state index contributed by atoms with van der Waals surface area (Å²) < 4.78 is 13.0. The largest absolute Gasteiger partial charge is 0.349 e. The standard InChI is InChI=1S/C16H16FN3O2/c17-13-5-3-4-12(8-13)9-15(21)20-11-16(22)19-10-14-6-1-2-7-18-14/h1-8H,9-11H2,(H,19,22)(H,20,21). The van der Waals surface area contributed by atoms with Crippen LogP contribution in [-0.4, -0.2) is 23.3 Å². The van der Waals surface area contributed by atoms with Crippen molar-refractivity contribution in [3.05, 3.63) is 65.7 Å². The van der Waals surface area contributed by atoms with Crippen LogP contribution in [0, 0.1) is 5.82 Å². The number of rotatable bonds is 6. The maximum atomic E-state index is 13.0. The highest BCUT2D eigenvalue weighted by molar-refractivity contribution is 5.85. The van der Waals surface area contributed by atoms with Crippen LogP contribution in [0.4, 0.5) is 4.39 Å². The maximum absolute atomic E-state index is 13.0. The van der Waals surface area contributed by atoms with Gasteiger partial charge in [0.15, 0.2) is 0 Å². The van der Waals surface area contributed by atoms with E-state index in [1.165, 1.54) is 18.2 Å². The van der Waals surface area contributed by atoms with E-state index in [-0.39, 0.29) is 24.8 Å². The summed E-state index contributed by atoms with van der Waals surface area (Å²) >= 11 is 0. The van der Waals surface area contributed by atoms with Crippen LogP contribution >= 0.6 is 0 Å². The van der Waals surface area contributed by atoms with Gasteiger partial charge in [-0.15, -0.1) is 0 Å². The predicted octanol–water partition coefficient (Wildman–Crippen LogP) is 1.20. The molecule has 0 aliphatic heterocycles. The van der Waals surface area contributed by atoms with Crippen molar-refractivity contribution < 1.29 is 14.0 Å². The van der Waals surface area contributed by atoms with Crippen LogP contribution in [0.1, 0.15) is 11.3 Å². The summed E-state index contributed by atoms with van der Waals surface area (Å²) in [5, 5.41) is 5.14. The molecule has 1 aromatic carbocycles. The zero-order valence-corrected chi connectivity index (χ0v) is 11.9. The van der Waals surface area contributed by atoms with Crippen molar-refractivity contribution in [3.63, 3.8) is 0 Å². The minimum Gasteiger partial charge on any atom is -0.349 e. The Morgan fingerprint density at radius 2 is 1.91 bits per heavy atom. The quantitative estimate of drug-likeness (QED) is 0.842. The maximum Gasteiger partial charge on any atom is 0.239 e. The van der Waals surface area contributed by atoms with E-state index in [2.05, 4.69) is 15.6 Å². The Hall–Kier alpha value is -2.76. The number of aromatic nitrogens is 1. The van der Waals surface area contributed by atoms with Crippen molar-refractivity contribution in [3.8, 4) is 0 Å². The van der Waals surface area contributed by atoms with Gasteiger partial charge >= 0.3 is 0 Å². The van der Waals surface area contributed by atoms with Crippen LogP contribution in [0.3, 0.4) is 0 Å². The molecule has 2 N–H and O–H groups in total. The highest BCUT2D eigenvalue weighted by atomic mass is 19.1. The van der Waals surface area contributed by atoms with Gasteiger partial charge in [0.1, 0.15) is 5.82 Å². The van der Waals surface area contributed by atoms with Crippen molar-refractivity contribution in [1.82, 2.24) is 15.6 Å². The van der Waals surface area contributed by atoms with Gasteiger partial charge < -0.3 is 10.6 Å². The highest BCUT2D eigenvalue weighted by Gasteiger charge is 2.07. The van der Waals surface area contributed by atoms with Crippen molar-refractivity contribution in [2.45, 2.75) is 13.0 Å². The molecule has 0 unspecified atom stereocenters. The average molecular weight is 301 g/mol. The fourth-order valence-electron chi connectivity index (χ4n) is 1.83. The van der Waals surface area contributed by atoms with Gasteiger partial charge in [0.2, 0.25) is 11.8 Å². The predicted molar refractivity (Wildman–Crippen MR) is 79.2 cm³/mol. The average Bonchev–Trinajstić information content (AvgIpc) is 2.52. The number of pyridine rings is 1. The Balaban J connectivity index is 1.70. The molecule has 0 fully saturated rings. The number of benzene rings is 1. The zero-order valence-electron chi connectivity index (χ0n) is 11.9. The number of hydrogen-bond donors (Lipinski definition) is 2. The van der Waals surface area contributed by atoms with E-state index in [0.717, 1.165) is 5.69 Å². The molecule has 0 spiro atoms. The molecule has 0 saturated heterocycles. The van der Waals surface area contributed by atoms with Crippen molar-refractivity contribution in [2.75, 3.05) is 6.54 Å². The van der Waals surface area contributed by atoms with Crippen LogP contribution < -0.4 is 10.6 Å². The Kier molecular flexibility index (Phi) is 5.59. The number of carbonyl (C=O) groups is 2. The third-order valence-corrected chi connectivity index (χ3v) is 2.89. The first-order valence-corrected chi connectivity index (χ1v) is 6.81. The smallest absolute Gasteiger partial charge is 0.239 e. The lowest BCUT2D eigenvalue weighted by Crippen LogP contribution is -2.37. The third kappa shape index (κ3) is 5.32. The van der Waals surface area contributed by atoms with Gasteiger partial charge in [0, 0.05) is 6.20 Å². The molecule has 0 aliphatic carbocycles. The lowest BCUT2D eigenvalue weighted by Gasteiger charge is -2.07. The minimum absolute atomic E-state index is 0.0330. The van der Waals surface area contributed by atoms with E-state index in [1.54, 1.807) is 24.4 Å². The van der Waals surface area contributed by atoms with Crippen molar-refractivity contribution in [2.24, 2.45) is 0 Å². The summed E-state index contributed by atoms with van der Waals surface area (Å²) in [5.74, 6) is -1.03. The number of amides is 2. The molecule has 0 atom stereocenters. The van der Waals surface area contributed by atoms with Gasteiger partial charge in [-0.05, 0) is 29.8 Å². The van der Waals surface area contributed by atoms with Crippen LogP contribution in [-0.2, 0) is 22.6 Å². The molecule has 0 aliphatic rings. The van der Waals surface area contributed by atoms with Gasteiger partial charge in [-0.3, -0.25) is 14.6 Å². The topological polar surface area (TPSA) is 71.1 Å². The second kappa shape index (κ2) is 7.87. The Morgan fingerprint density at radius 1 is 1.05 bits per heavy atom. The molecular weight excluding hydrogens is 285 g/mol. The SMILES string of the molecule is O=C(CNC(=O)Cc1cccc(F)c1)NCc1ccccn1. The minimum atomic E-state index is -0.390. The number of nitrogens with one attached hydrogen (secondary N) is 2. The summed E-state index contributed by atoms with van der Waals surface area (Å²) in [7, 11) is 0. The summed E-state index contributed by atoms with van der Waals surface area (Å²) in [6, 6.07) is 11.2. The first kappa shape index (κ1) is 15.6. The molecule has 2 amide bonds. The lowest BCUT2D eigenvalue weighted by atomic mass is 10.1. The Labute approximate surface area is 127 Å². The van der Waals surface area contributed by atoms with E-state index in [9.17, 15) is 14.0 Å². The van der Waals surface area contributed by atoms with Crippen LogP contribution in [0.2, 0.25) is 0 Å². The van der Waals surface area contributed by atoms with Crippen molar-refractivity contribution >= 4 is 11.8 Å². The number of hydrogen-bond acceptors (Lipinski definition) is 3. The number of halogens is 1. The van der Waals surface area contributed by atoms with Gasteiger partial charge in [-0.2, -0.15) is 0 Å². The van der Waals surface area contributed by atoms with Gasteiger partial charge in [-0.25, -0.2) is 4.39 Å². The molecule has 5 nitrogen and oxygen atoms in total. The normalized spacial score (nSPS) is 10.0. The van der Waals surface area contributed by atoms with E-state index < -0.39 is 5.82 Å². The molecule has 22 heavy (non-hydrogen) atoms. The molecule has 2 rings (SSSR count). The van der Waals surface area contributed by atoms with E-state index in [4.69, 9.17) is 0 Å². The van der Waals surface area contributed by atoms with Crippen LogP contribution in [0.15, 0.2) is 48.7 Å². The molecule has 6 heteroatoms. The molecule has 1 heterocycles. The fraction of sp³-hybridized carbons (Fsp3) is 0.188. The monoisotopic (exact) mass is 301 g/mol. The zero-order chi connectivity index (χ0) is 15.8. The molecule has 0 saturated carbocycles. The van der Waals surface area contributed by atoms with Gasteiger partial charge in [0.25, 0.3) is 0 Å². The molecule has 2 aromatic rings. The summed E-state index contributed by atoms with van der Waals surface area (Å²) in [6.07, 6.45) is 1.67. The molecular formula is C16H16FN3O2. The van der Waals surface area contributed by atoms with Gasteiger partial charge in [0.05, 0.1) is 25.2 Å². The highest BCUT2D eigenvalue weighted by Crippen LogP contribution is 2.03. The fourth-order valence-corrected chi connectivity index (χ4v) is 1.83. The Bertz CT molecular complexity index is 647. The van der Waals surface area contributed by atoms with Crippen LogP contribution in [0.5, 0.6) is 0 Å². The van der Waals surface area contributed by atoms with E-state index in [0.29, 0.717) is 12.1 Å². The first-order chi connectivity index (χ1) is 10.6. The molecule has 114 valence electrons. The van der Waals surface area contributed by atoms with E-state index in [1.807, 2.05) is 6.07 Å². The van der Waals surface area contributed by atoms with Gasteiger partial charge in [-0.1, -0.05) is 18.2 Å². The lowest BCUT2D eigenvalue weighted by molar-refractivity contribution is -0.125. The Morgan fingerprint density at radius 3 is 2.64 bits per heavy atom.